The number of methoxy groups -OCH3 is 2. The number of pyridine rings is 1. The minimum Gasteiger partial charge on any atom is -0.493 e. The second kappa shape index (κ2) is 7.64. The first kappa shape index (κ1) is 15.3. The van der Waals surface area contributed by atoms with Gasteiger partial charge >= 0.3 is 0 Å². The van der Waals surface area contributed by atoms with Gasteiger partial charge in [-0.3, -0.25) is 4.98 Å². The van der Waals surface area contributed by atoms with Crippen LogP contribution in [0.4, 0.5) is 0 Å². The molecule has 0 spiro atoms. The number of ether oxygens (including phenoxy) is 2. The van der Waals surface area contributed by atoms with Gasteiger partial charge in [0.2, 0.25) is 0 Å². The summed E-state index contributed by atoms with van der Waals surface area (Å²) in [7, 11) is 3.31. The molecule has 2 aromatic rings. The third-order valence-electron chi connectivity index (χ3n) is 3.39. The number of nitrogens with zero attached hydrogens (tertiary/aromatic N) is 1. The fourth-order valence-corrected chi connectivity index (χ4v) is 2.23. The van der Waals surface area contributed by atoms with E-state index in [1.807, 2.05) is 36.7 Å². The Bertz CT molecular complexity index is 558. The van der Waals surface area contributed by atoms with E-state index in [-0.39, 0.29) is 0 Å². The van der Waals surface area contributed by atoms with E-state index in [0.717, 1.165) is 24.5 Å². The van der Waals surface area contributed by atoms with Crippen LogP contribution in [0.25, 0.3) is 0 Å². The number of hydrogen-bond donors (Lipinski definition) is 1. The molecule has 0 saturated heterocycles. The molecule has 0 aliphatic carbocycles. The van der Waals surface area contributed by atoms with Crippen molar-refractivity contribution >= 4 is 0 Å². The van der Waals surface area contributed by atoms with Gasteiger partial charge in [0, 0.05) is 25.0 Å². The van der Waals surface area contributed by atoms with Crippen molar-refractivity contribution in [3.05, 3.63) is 53.9 Å². The quantitative estimate of drug-likeness (QED) is 0.850. The summed E-state index contributed by atoms with van der Waals surface area (Å²) in [6, 6.07) is 10.5. The van der Waals surface area contributed by atoms with Crippen LogP contribution in [0, 0.1) is 0 Å². The minimum atomic E-state index is 0.372. The second-order valence-corrected chi connectivity index (χ2v) is 5.03. The highest BCUT2D eigenvalue weighted by atomic mass is 16.5. The number of rotatable bonds is 7. The predicted molar refractivity (Wildman–Crippen MR) is 83.8 cm³/mol. The van der Waals surface area contributed by atoms with Gasteiger partial charge in [-0.1, -0.05) is 6.07 Å². The fourth-order valence-electron chi connectivity index (χ4n) is 2.23. The van der Waals surface area contributed by atoms with Gasteiger partial charge in [-0.05, 0) is 48.7 Å². The molecule has 1 aromatic carbocycles. The minimum absolute atomic E-state index is 0.372. The van der Waals surface area contributed by atoms with Crippen LogP contribution >= 0.6 is 0 Å². The van der Waals surface area contributed by atoms with Gasteiger partial charge in [-0.2, -0.15) is 0 Å². The highest BCUT2D eigenvalue weighted by Crippen LogP contribution is 2.27. The molecular formula is C17H22N2O2. The van der Waals surface area contributed by atoms with Crippen molar-refractivity contribution in [2.24, 2.45) is 0 Å². The number of benzene rings is 1. The van der Waals surface area contributed by atoms with Crippen LogP contribution in [0.5, 0.6) is 11.5 Å². The molecule has 1 unspecified atom stereocenters. The van der Waals surface area contributed by atoms with Gasteiger partial charge in [-0.15, -0.1) is 0 Å². The molecule has 0 bridgehead atoms. The van der Waals surface area contributed by atoms with Crippen molar-refractivity contribution in [1.29, 1.82) is 0 Å². The van der Waals surface area contributed by atoms with Gasteiger partial charge in [0.1, 0.15) is 0 Å². The molecule has 112 valence electrons. The molecule has 21 heavy (non-hydrogen) atoms. The van der Waals surface area contributed by atoms with Crippen LogP contribution in [0.1, 0.15) is 18.1 Å². The van der Waals surface area contributed by atoms with E-state index in [2.05, 4.69) is 23.3 Å². The molecular weight excluding hydrogens is 264 g/mol. The summed E-state index contributed by atoms with van der Waals surface area (Å²) < 4.78 is 10.6. The zero-order valence-corrected chi connectivity index (χ0v) is 12.8. The number of aromatic nitrogens is 1. The maximum atomic E-state index is 5.34. The van der Waals surface area contributed by atoms with Crippen LogP contribution in [0.15, 0.2) is 42.7 Å². The summed E-state index contributed by atoms with van der Waals surface area (Å²) in [4.78, 5) is 4.02. The summed E-state index contributed by atoms with van der Waals surface area (Å²) in [6.45, 7) is 3.02. The molecule has 2 rings (SSSR count). The fraction of sp³-hybridized carbons (Fsp3) is 0.353. The van der Waals surface area contributed by atoms with Crippen LogP contribution in [-0.2, 0) is 13.0 Å². The zero-order chi connectivity index (χ0) is 15.1. The maximum absolute atomic E-state index is 5.34. The van der Waals surface area contributed by atoms with E-state index in [1.54, 1.807) is 14.2 Å². The average Bonchev–Trinajstić information content (AvgIpc) is 2.53. The molecule has 1 aromatic heterocycles. The van der Waals surface area contributed by atoms with Gasteiger partial charge < -0.3 is 14.8 Å². The zero-order valence-electron chi connectivity index (χ0n) is 12.8. The lowest BCUT2D eigenvalue weighted by molar-refractivity contribution is 0.354. The molecule has 0 radical (unpaired) electrons. The van der Waals surface area contributed by atoms with Crippen molar-refractivity contribution in [2.45, 2.75) is 25.9 Å². The Balaban J connectivity index is 1.91. The Labute approximate surface area is 126 Å². The summed E-state index contributed by atoms with van der Waals surface area (Å²) in [5.41, 5.74) is 2.46. The average molecular weight is 286 g/mol. The topological polar surface area (TPSA) is 43.4 Å². The second-order valence-electron chi connectivity index (χ2n) is 5.03. The van der Waals surface area contributed by atoms with Crippen LogP contribution in [0.2, 0.25) is 0 Å². The summed E-state index contributed by atoms with van der Waals surface area (Å²) in [5, 5.41) is 3.51. The summed E-state index contributed by atoms with van der Waals surface area (Å²) in [5.74, 6) is 1.54. The summed E-state index contributed by atoms with van der Waals surface area (Å²) in [6.07, 6.45) is 4.57. The van der Waals surface area contributed by atoms with Crippen molar-refractivity contribution in [3.63, 3.8) is 0 Å². The molecule has 0 amide bonds. The van der Waals surface area contributed by atoms with E-state index in [0.29, 0.717) is 6.04 Å². The Morgan fingerprint density at radius 1 is 1.00 bits per heavy atom. The normalized spacial score (nSPS) is 12.0. The van der Waals surface area contributed by atoms with E-state index >= 15 is 0 Å². The van der Waals surface area contributed by atoms with Gasteiger partial charge in [-0.25, -0.2) is 0 Å². The first-order valence-corrected chi connectivity index (χ1v) is 7.06. The first-order chi connectivity index (χ1) is 10.2. The third-order valence-corrected chi connectivity index (χ3v) is 3.39. The van der Waals surface area contributed by atoms with Gasteiger partial charge in [0.15, 0.2) is 11.5 Å². The predicted octanol–water partition coefficient (Wildman–Crippen LogP) is 2.82. The lowest BCUT2D eigenvalue weighted by Crippen LogP contribution is -2.27. The van der Waals surface area contributed by atoms with E-state index < -0.39 is 0 Å². The largest absolute Gasteiger partial charge is 0.493 e. The number of nitrogens with one attached hydrogen (secondary N) is 1. The molecule has 0 fully saturated rings. The van der Waals surface area contributed by atoms with Gasteiger partial charge in [0.25, 0.3) is 0 Å². The molecule has 4 heteroatoms. The molecule has 1 atom stereocenters. The lowest BCUT2D eigenvalue weighted by atomic mass is 10.1. The standard InChI is InChI=1S/C17H22N2O2/c1-13(19-12-14-6-8-18-9-7-14)10-15-4-5-16(20-2)17(11-15)21-3/h4-9,11,13,19H,10,12H2,1-3H3. The molecule has 1 heterocycles. The molecule has 1 N–H and O–H groups in total. The van der Waals surface area contributed by atoms with Crippen molar-refractivity contribution in [3.8, 4) is 11.5 Å². The smallest absolute Gasteiger partial charge is 0.160 e. The highest BCUT2D eigenvalue weighted by molar-refractivity contribution is 5.43. The number of hydrogen-bond acceptors (Lipinski definition) is 4. The van der Waals surface area contributed by atoms with Crippen LogP contribution < -0.4 is 14.8 Å². The summed E-state index contributed by atoms with van der Waals surface area (Å²) >= 11 is 0. The monoisotopic (exact) mass is 286 g/mol. The van der Waals surface area contributed by atoms with Crippen molar-refractivity contribution in [1.82, 2.24) is 10.3 Å². The van der Waals surface area contributed by atoms with Crippen molar-refractivity contribution in [2.75, 3.05) is 14.2 Å². The Hall–Kier alpha value is -2.07. The van der Waals surface area contributed by atoms with E-state index in [4.69, 9.17) is 9.47 Å². The first-order valence-electron chi connectivity index (χ1n) is 7.06. The van der Waals surface area contributed by atoms with Gasteiger partial charge in [0.05, 0.1) is 14.2 Å². The Morgan fingerprint density at radius 3 is 2.38 bits per heavy atom. The Morgan fingerprint density at radius 2 is 1.71 bits per heavy atom. The lowest BCUT2D eigenvalue weighted by Gasteiger charge is -2.15. The van der Waals surface area contributed by atoms with Crippen LogP contribution in [0.3, 0.4) is 0 Å². The molecule has 4 nitrogen and oxygen atoms in total. The molecule has 0 saturated carbocycles. The molecule has 0 aliphatic rings. The Kier molecular flexibility index (Phi) is 5.58. The van der Waals surface area contributed by atoms with Crippen LogP contribution in [-0.4, -0.2) is 25.2 Å². The molecule has 0 aliphatic heterocycles. The highest BCUT2D eigenvalue weighted by Gasteiger charge is 2.08. The SMILES string of the molecule is COc1ccc(CC(C)NCc2ccncc2)cc1OC. The maximum Gasteiger partial charge on any atom is 0.160 e. The van der Waals surface area contributed by atoms with E-state index in [1.165, 1.54) is 11.1 Å². The third kappa shape index (κ3) is 4.46. The van der Waals surface area contributed by atoms with Crippen molar-refractivity contribution < 1.29 is 9.47 Å². The van der Waals surface area contributed by atoms with E-state index in [9.17, 15) is 0 Å².